The van der Waals surface area contributed by atoms with E-state index in [2.05, 4.69) is 24.4 Å². The molecule has 5 heteroatoms. The molecular formula is C20H31ClN2O2. The predicted molar refractivity (Wildman–Crippen MR) is 103 cm³/mol. The number of nitrogens with one attached hydrogen (secondary N) is 1. The zero-order chi connectivity index (χ0) is 16.9. The maximum atomic E-state index is 12.4. The topological polar surface area (TPSA) is 64.3 Å². The van der Waals surface area contributed by atoms with Crippen LogP contribution in [0.2, 0.25) is 0 Å². The van der Waals surface area contributed by atoms with Gasteiger partial charge in [-0.3, -0.25) is 4.79 Å². The van der Waals surface area contributed by atoms with E-state index < -0.39 is 0 Å². The third kappa shape index (κ3) is 4.89. The van der Waals surface area contributed by atoms with Gasteiger partial charge in [0.25, 0.3) is 0 Å². The van der Waals surface area contributed by atoms with Crippen LogP contribution in [0.1, 0.15) is 44.6 Å². The van der Waals surface area contributed by atoms with Gasteiger partial charge in [-0.25, -0.2) is 0 Å². The Morgan fingerprint density at radius 3 is 2.60 bits per heavy atom. The van der Waals surface area contributed by atoms with Crippen LogP contribution >= 0.6 is 12.4 Å². The Bertz CT molecular complexity index is 547. The average molecular weight is 367 g/mol. The van der Waals surface area contributed by atoms with E-state index in [0.29, 0.717) is 18.4 Å². The lowest BCUT2D eigenvalue weighted by Crippen LogP contribution is -2.45. The van der Waals surface area contributed by atoms with Crippen LogP contribution in [0.4, 0.5) is 0 Å². The fourth-order valence-electron chi connectivity index (χ4n) is 4.26. The molecule has 0 heterocycles. The van der Waals surface area contributed by atoms with Gasteiger partial charge in [0.2, 0.25) is 5.91 Å². The summed E-state index contributed by atoms with van der Waals surface area (Å²) in [6.07, 6.45) is 6.61. The maximum Gasteiger partial charge on any atom is 0.224 e. The molecule has 1 aromatic carbocycles. The molecule has 4 nitrogen and oxygen atoms in total. The number of hydrogen-bond donors (Lipinski definition) is 2. The fraction of sp³-hybridized carbons (Fsp3) is 0.650. The van der Waals surface area contributed by atoms with Crippen LogP contribution in [-0.4, -0.2) is 25.1 Å². The highest BCUT2D eigenvalue weighted by molar-refractivity contribution is 5.85. The Balaban J connectivity index is 0.00000225. The molecule has 140 valence electrons. The molecule has 4 atom stereocenters. The summed E-state index contributed by atoms with van der Waals surface area (Å²) in [5.41, 5.74) is 7.46. The van der Waals surface area contributed by atoms with Gasteiger partial charge in [0.05, 0.1) is 12.5 Å². The average Bonchev–Trinajstić information content (AvgIpc) is 3.17. The normalized spacial score (nSPS) is 27.0. The first-order valence-corrected chi connectivity index (χ1v) is 9.44. The number of fused-ring (bicyclic) bond motifs is 2. The lowest BCUT2D eigenvalue weighted by molar-refractivity contribution is -0.127. The number of nitrogens with two attached hydrogens (primary N) is 1. The van der Waals surface area contributed by atoms with Gasteiger partial charge in [-0.2, -0.15) is 0 Å². The van der Waals surface area contributed by atoms with Crippen LogP contribution in [0.3, 0.4) is 0 Å². The summed E-state index contributed by atoms with van der Waals surface area (Å²) in [7, 11) is 0. The highest BCUT2D eigenvalue weighted by Crippen LogP contribution is 2.47. The largest absolute Gasteiger partial charge is 0.494 e. The minimum atomic E-state index is 0. The summed E-state index contributed by atoms with van der Waals surface area (Å²) >= 11 is 0. The van der Waals surface area contributed by atoms with Crippen LogP contribution in [0.25, 0.3) is 0 Å². The second-order valence-corrected chi connectivity index (χ2v) is 7.32. The first-order chi connectivity index (χ1) is 11.7. The molecular weight excluding hydrogens is 336 g/mol. The minimum Gasteiger partial charge on any atom is -0.494 e. The van der Waals surface area contributed by atoms with E-state index in [-0.39, 0.29) is 30.3 Å². The number of benzene rings is 1. The zero-order valence-electron chi connectivity index (χ0n) is 15.1. The molecule has 2 fully saturated rings. The van der Waals surface area contributed by atoms with E-state index in [1.165, 1.54) is 18.4 Å². The monoisotopic (exact) mass is 366 g/mol. The molecule has 0 aliphatic heterocycles. The number of hydrogen-bond acceptors (Lipinski definition) is 3. The Morgan fingerprint density at radius 1 is 1.24 bits per heavy atom. The molecule has 0 radical (unpaired) electrons. The van der Waals surface area contributed by atoms with Crippen LogP contribution in [0.15, 0.2) is 24.3 Å². The summed E-state index contributed by atoms with van der Waals surface area (Å²) in [4.78, 5) is 12.4. The van der Waals surface area contributed by atoms with Gasteiger partial charge in [0.15, 0.2) is 0 Å². The summed E-state index contributed by atoms with van der Waals surface area (Å²) in [5, 5.41) is 3.09. The highest BCUT2D eigenvalue weighted by Gasteiger charge is 2.48. The molecule has 1 aromatic rings. The summed E-state index contributed by atoms with van der Waals surface area (Å²) in [6.45, 7) is 3.61. The third-order valence-corrected chi connectivity index (χ3v) is 5.69. The van der Waals surface area contributed by atoms with Gasteiger partial charge in [-0.1, -0.05) is 25.5 Å². The van der Waals surface area contributed by atoms with Crippen molar-refractivity contribution >= 4 is 18.3 Å². The molecule has 2 aliphatic rings. The van der Waals surface area contributed by atoms with Gasteiger partial charge in [-0.15, -0.1) is 12.4 Å². The first-order valence-electron chi connectivity index (χ1n) is 9.44. The van der Waals surface area contributed by atoms with E-state index in [1.54, 1.807) is 0 Å². The smallest absolute Gasteiger partial charge is 0.224 e. The van der Waals surface area contributed by atoms with E-state index in [1.807, 2.05) is 12.1 Å². The molecule has 25 heavy (non-hydrogen) atoms. The predicted octanol–water partition coefficient (Wildman–Crippen LogP) is 3.32. The van der Waals surface area contributed by atoms with E-state index >= 15 is 0 Å². The molecule has 4 unspecified atom stereocenters. The van der Waals surface area contributed by atoms with Crippen molar-refractivity contribution in [3.8, 4) is 5.75 Å². The molecule has 3 rings (SSSR count). The van der Waals surface area contributed by atoms with Crippen LogP contribution in [0.5, 0.6) is 5.75 Å². The summed E-state index contributed by atoms with van der Waals surface area (Å²) in [5.74, 6) is 2.21. The number of unbranched alkanes of at least 4 members (excludes halogenated alkanes) is 1. The van der Waals surface area contributed by atoms with E-state index in [0.717, 1.165) is 38.0 Å². The minimum absolute atomic E-state index is 0. The Hall–Kier alpha value is -1.26. The number of ether oxygens (including phenoxy) is 1. The molecule has 0 aromatic heterocycles. The number of carbonyl (C=O) groups excluding carboxylic acids is 1. The molecule has 2 aliphatic carbocycles. The molecule has 3 N–H and O–H groups in total. The van der Waals surface area contributed by atoms with Gasteiger partial charge >= 0.3 is 0 Å². The first kappa shape index (κ1) is 20.1. The van der Waals surface area contributed by atoms with Crippen LogP contribution in [-0.2, 0) is 11.2 Å². The summed E-state index contributed by atoms with van der Waals surface area (Å²) < 4.78 is 5.67. The van der Waals surface area contributed by atoms with Gasteiger partial charge in [-0.05, 0) is 61.6 Å². The van der Waals surface area contributed by atoms with Crippen molar-refractivity contribution in [3.05, 3.63) is 29.8 Å². The number of carbonyl (C=O) groups is 1. The highest BCUT2D eigenvalue weighted by atomic mass is 35.5. The van der Waals surface area contributed by atoms with Crippen molar-refractivity contribution in [1.82, 2.24) is 5.32 Å². The molecule has 2 bridgehead atoms. The van der Waals surface area contributed by atoms with E-state index in [4.69, 9.17) is 10.5 Å². The second kappa shape index (κ2) is 9.44. The number of amides is 1. The van der Waals surface area contributed by atoms with Crippen LogP contribution < -0.4 is 15.8 Å². The fourth-order valence-corrected chi connectivity index (χ4v) is 4.26. The standard InChI is InChI=1S/C20H30N2O2.ClH/c1-2-3-12-24-17-8-4-14(5-9-17)10-11-22-20(23)18-15-6-7-16(13-15)19(18)21;/h4-5,8-9,15-16,18-19H,2-3,6-7,10-13,21H2,1H3,(H,22,23);1H. The maximum absolute atomic E-state index is 12.4. The van der Waals surface area contributed by atoms with Crippen molar-refractivity contribution in [2.24, 2.45) is 23.5 Å². The van der Waals surface area contributed by atoms with Gasteiger partial charge in [0, 0.05) is 12.6 Å². The van der Waals surface area contributed by atoms with Crippen molar-refractivity contribution < 1.29 is 9.53 Å². The van der Waals surface area contributed by atoms with Crippen molar-refractivity contribution in [1.29, 1.82) is 0 Å². The zero-order valence-corrected chi connectivity index (χ0v) is 15.9. The third-order valence-electron chi connectivity index (χ3n) is 5.69. The molecule has 0 saturated heterocycles. The van der Waals surface area contributed by atoms with Gasteiger partial charge in [0.1, 0.15) is 5.75 Å². The second-order valence-electron chi connectivity index (χ2n) is 7.32. The van der Waals surface area contributed by atoms with Crippen LogP contribution in [0, 0.1) is 17.8 Å². The number of halogens is 1. The Morgan fingerprint density at radius 2 is 1.96 bits per heavy atom. The molecule has 2 saturated carbocycles. The SMILES string of the molecule is CCCCOc1ccc(CCNC(=O)C2C3CCC(C3)C2N)cc1.Cl. The molecule has 1 amide bonds. The van der Waals surface area contributed by atoms with E-state index in [9.17, 15) is 4.79 Å². The van der Waals surface area contributed by atoms with Crippen molar-refractivity contribution in [3.63, 3.8) is 0 Å². The quantitative estimate of drug-likeness (QED) is 0.693. The number of rotatable bonds is 8. The Kier molecular flexibility index (Phi) is 7.57. The Labute approximate surface area is 157 Å². The lowest BCUT2D eigenvalue weighted by atomic mass is 9.84. The molecule has 0 spiro atoms. The van der Waals surface area contributed by atoms with Gasteiger partial charge < -0.3 is 15.8 Å². The van der Waals surface area contributed by atoms with Crippen molar-refractivity contribution in [2.75, 3.05) is 13.2 Å². The lowest BCUT2D eigenvalue weighted by Gasteiger charge is -2.27. The van der Waals surface area contributed by atoms with Crippen molar-refractivity contribution in [2.45, 2.75) is 51.5 Å². The summed E-state index contributed by atoms with van der Waals surface area (Å²) in [6, 6.07) is 8.26.